The summed E-state index contributed by atoms with van der Waals surface area (Å²) >= 11 is 0. The lowest BCUT2D eigenvalue weighted by atomic mass is 9.57. The van der Waals surface area contributed by atoms with Gasteiger partial charge in [0, 0.05) is 23.2 Å². The molecule has 3 aromatic carbocycles. The summed E-state index contributed by atoms with van der Waals surface area (Å²) in [4.78, 5) is 2.37. The maximum Gasteiger partial charge on any atom is 0.0769 e. The Morgan fingerprint density at radius 1 is 0.841 bits per heavy atom. The van der Waals surface area contributed by atoms with Crippen LogP contribution in [-0.2, 0) is 10.8 Å². The van der Waals surface area contributed by atoms with E-state index in [2.05, 4.69) is 163 Å². The summed E-state index contributed by atoms with van der Waals surface area (Å²) in [5, 5.41) is 0. The Bertz CT molecular complexity index is 1700. The highest BCUT2D eigenvalue weighted by Crippen LogP contribution is 2.54. The van der Waals surface area contributed by atoms with Gasteiger partial charge in [0.1, 0.15) is 0 Å². The topological polar surface area (TPSA) is 3.24 Å². The minimum Gasteiger partial charge on any atom is -0.343 e. The first-order chi connectivity index (χ1) is 21.2. The Kier molecular flexibility index (Phi) is 8.18. The number of aryl methyl sites for hydroxylation is 2. The molecule has 2 atom stereocenters. The molecule has 0 amide bonds. The Hall–Kier alpha value is -3.84. The lowest BCUT2D eigenvalue weighted by Crippen LogP contribution is -2.38. The van der Waals surface area contributed by atoms with Gasteiger partial charge in [-0.1, -0.05) is 120 Å². The molecule has 2 aliphatic carbocycles. The third kappa shape index (κ3) is 5.15. The van der Waals surface area contributed by atoms with Crippen LogP contribution in [0.2, 0.25) is 0 Å². The SMILES string of the molecule is CCC1CCC/C=C\C=C1c1c(/C=C\N2C=CC=CC2c2ccccc2C)c(C)cc2c1C(C)(C)c1ccccc1C2(C)C. The number of allylic oxidation sites excluding steroid dienone is 6. The minimum atomic E-state index is -0.129. The molecule has 0 N–H and O–H groups in total. The monoisotopic (exact) mass is 579 g/mol. The van der Waals surface area contributed by atoms with E-state index in [9.17, 15) is 0 Å². The van der Waals surface area contributed by atoms with Crippen LogP contribution in [0.25, 0.3) is 11.6 Å². The smallest absolute Gasteiger partial charge is 0.0769 e. The molecule has 0 fully saturated rings. The van der Waals surface area contributed by atoms with Crippen LogP contribution in [0.3, 0.4) is 0 Å². The van der Waals surface area contributed by atoms with Crippen molar-refractivity contribution in [2.75, 3.05) is 0 Å². The summed E-state index contributed by atoms with van der Waals surface area (Å²) in [5.41, 5.74) is 14.0. The quantitative estimate of drug-likeness (QED) is 0.291. The highest BCUT2D eigenvalue weighted by molar-refractivity contribution is 5.84. The molecular weight excluding hydrogens is 530 g/mol. The highest BCUT2D eigenvalue weighted by atomic mass is 15.1. The van der Waals surface area contributed by atoms with Crippen molar-refractivity contribution < 1.29 is 0 Å². The van der Waals surface area contributed by atoms with E-state index < -0.39 is 0 Å². The van der Waals surface area contributed by atoms with Crippen LogP contribution in [0.4, 0.5) is 0 Å². The van der Waals surface area contributed by atoms with Gasteiger partial charge in [0.25, 0.3) is 0 Å². The van der Waals surface area contributed by atoms with Crippen LogP contribution in [-0.4, -0.2) is 4.90 Å². The van der Waals surface area contributed by atoms with Gasteiger partial charge in [-0.2, -0.15) is 0 Å². The van der Waals surface area contributed by atoms with Crippen LogP contribution in [0.5, 0.6) is 0 Å². The van der Waals surface area contributed by atoms with Gasteiger partial charge in [-0.05, 0) is 113 Å². The highest BCUT2D eigenvalue weighted by Gasteiger charge is 2.44. The van der Waals surface area contributed by atoms with Crippen molar-refractivity contribution in [3.63, 3.8) is 0 Å². The van der Waals surface area contributed by atoms with Gasteiger partial charge in [-0.25, -0.2) is 0 Å². The molecule has 3 aliphatic rings. The molecule has 1 nitrogen and oxygen atoms in total. The standard InChI is InChI=1S/C43H49N/c1-8-32-20-11-9-10-12-22-35(32)40-34(26-28-44-27-18-17-25-39(44)33-21-14-13-19-30(33)2)31(3)29-38-41(40)43(6,7)37-24-16-15-23-36(37)42(38,4)5/h10,12-19,21-29,32,39H,8-9,11,20H2,1-7H3/b12-10-,28-26-,35-22?. The van der Waals surface area contributed by atoms with Crippen molar-refractivity contribution in [2.24, 2.45) is 5.92 Å². The van der Waals surface area contributed by atoms with Gasteiger partial charge < -0.3 is 4.90 Å². The zero-order chi connectivity index (χ0) is 31.1. The minimum absolute atomic E-state index is 0.0841. The molecule has 2 unspecified atom stereocenters. The van der Waals surface area contributed by atoms with Crippen molar-refractivity contribution in [1.29, 1.82) is 0 Å². The van der Waals surface area contributed by atoms with E-state index in [1.807, 2.05) is 0 Å². The molecule has 1 heterocycles. The largest absolute Gasteiger partial charge is 0.343 e. The van der Waals surface area contributed by atoms with Gasteiger partial charge in [0.15, 0.2) is 0 Å². The molecule has 1 heteroatoms. The predicted octanol–water partition coefficient (Wildman–Crippen LogP) is 11.5. The summed E-state index contributed by atoms with van der Waals surface area (Å²) in [7, 11) is 0. The first kappa shape index (κ1) is 30.2. The van der Waals surface area contributed by atoms with E-state index in [4.69, 9.17) is 0 Å². The van der Waals surface area contributed by atoms with Crippen molar-refractivity contribution in [3.8, 4) is 0 Å². The van der Waals surface area contributed by atoms with E-state index in [1.165, 1.54) is 74.9 Å². The average Bonchev–Trinajstić information content (AvgIpc) is 3.00. The first-order valence-corrected chi connectivity index (χ1v) is 16.7. The third-order valence-corrected chi connectivity index (χ3v) is 10.6. The van der Waals surface area contributed by atoms with Crippen molar-refractivity contribution in [1.82, 2.24) is 4.90 Å². The predicted molar refractivity (Wildman–Crippen MR) is 190 cm³/mol. The zero-order valence-corrected chi connectivity index (χ0v) is 27.8. The number of nitrogens with zero attached hydrogens (tertiary/aromatic N) is 1. The van der Waals surface area contributed by atoms with Gasteiger partial charge in [-0.15, -0.1) is 0 Å². The summed E-state index contributed by atoms with van der Waals surface area (Å²) < 4.78 is 0. The van der Waals surface area contributed by atoms with E-state index in [1.54, 1.807) is 0 Å². The number of rotatable bonds is 5. The van der Waals surface area contributed by atoms with Crippen molar-refractivity contribution >= 4 is 11.6 Å². The lowest BCUT2D eigenvalue weighted by Gasteiger charge is -2.46. The fraction of sp³-hybridized carbons (Fsp3) is 0.349. The van der Waals surface area contributed by atoms with Gasteiger partial charge >= 0.3 is 0 Å². The van der Waals surface area contributed by atoms with Crippen LogP contribution in [0, 0.1) is 19.8 Å². The van der Waals surface area contributed by atoms with Crippen LogP contribution < -0.4 is 0 Å². The Balaban J connectivity index is 1.60. The third-order valence-electron chi connectivity index (χ3n) is 10.6. The molecule has 0 aromatic heterocycles. The van der Waals surface area contributed by atoms with Crippen molar-refractivity contribution in [3.05, 3.63) is 154 Å². The zero-order valence-electron chi connectivity index (χ0n) is 27.8. The van der Waals surface area contributed by atoms with Gasteiger partial charge in [-0.3, -0.25) is 0 Å². The van der Waals surface area contributed by atoms with Crippen molar-refractivity contribution in [2.45, 2.75) is 91.0 Å². The molecule has 1 aliphatic heterocycles. The Labute approximate surface area is 266 Å². The number of fused-ring (bicyclic) bond motifs is 2. The summed E-state index contributed by atoms with van der Waals surface area (Å²) in [6, 6.07) is 20.6. The molecule has 226 valence electrons. The first-order valence-electron chi connectivity index (χ1n) is 16.7. The van der Waals surface area contributed by atoms with Crippen LogP contribution >= 0.6 is 0 Å². The van der Waals surface area contributed by atoms with E-state index >= 15 is 0 Å². The Morgan fingerprint density at radius 3 is 2.32 bits per heavy atom. The van der Waals surface area contributed by atoms with Gasteiger partial charge in [0.2, 0.25) is 0 Å². The molecule has 0 radical (unpaired) electrons. The van der Waals surface area contributed by atoms with E-state index in [0.717, 1.165) is 6.42 Å². The second-order valence-electron chi connectivity index (χ2n) is 14.1. The number of hydrogen-bond donors (Lipinski definition) is 0. The molecular formula is C43H49N. The van der Waals surface area contributed by atoms with E-state index in [-0.39, 0.29) is 16.9 Å². The molecule has 0 saturated heterocycles. The van der Waals surface area contributed by atoms with Gasteiger partial charge in [0.05, 0.1) is 6.04 Å². The molecule has 0 spiro atoms. The fourth-order valence-corrected chi connectivity index (χ4v) is 8.09. The van der Waals surface area contributed by atoms with Crippen LogP contribution in [0.1, 0.15) is 116 Å². The van der Waals surface area contributed by atoms with E-state index in [0.29, 0.717) is 5.92 Å². The summed E-state index contributed by atoms with van der Waals surface area (Å²) in [6.45, 7) is 16.7. The summed E-state index contributed by atoms with van der Waals surface area (Å²) in [6.07, 6.45) is 25.6. The molecule has 0 bridgehead atoms. The maximum atomic E-state index is 2.52. The summed E-state index contributed by atoms with van der Waals surface area (Å²) in [5.74, 6) is 0.534. The normalized spacial score (nSPS) is 22.6. The second kappa shape index (κ2) is 11.9. The van der Waals surface area contributed by atoms with Crippen LogP contribution in [0.15, 0.2) is 103 Å². The molecule has 3 aromatic rings. The fourth-order valence-electron chi connectivity index (χ4n) is 8.09. The molecule has 0 saturated carbocycles. The number of hydrogen-bond acceptors (Lipinski definition) is 1. The Morgan fingerprint density at radius 2 is 1.57 bits per heavy atom. The molecule has 44 heavy (non-hydrogen) atoms. The maximum absolute atomic E-state index is 2.52. The average molecular weight is 580 g/mol. The lowest BCUT2D eigenvalue weighted by molar-refractivity contribution is 0.434. The number of benzene rings is 3. The second-order valence-corrected chi connectivity index (χ2v) is 14.1. The molecule has 6 rings (SSSR count).